The van der Waals surface area contributed by atoms with Crippen LogP contribution in [0.3, 0.4) is 0 Å². The van der Waals surface area contributed by atoms with E-state index in [1.165, 1.54) is 12.7 Å². The number of aromatic amines is 2. The highest BCUT2D eigenvalue weighted by Gasteiger charge is 2.32. The molecule has 0 bridgehead atoms. The molecule has 4 rings (SSSR count). The Labute approximate surface area is 351 Å². The number of imidazole rings is 2. The minimum Gasteiger partial charge on any atom is -0.354 e. The van der Waals surface area contributed by atoms with Crippen molar-refractivity contribution in [2.45, 2.75) is 103 Å². The average molecular weight is 825 g/mol. The van der Waals surface area contributed by atoms with Crippen LogP contribution in [0.1, 0.15) is 98.3 Å². The molecule has 0 radical (unpaired) electrons. The van der Waals surface area contributed by atoms with Crippen LogP contribution in [0.15, 0.2) is 85.7 Å². The molecule has 322 valence electrons. The van der Waals surface area contributed by atoms with Gasteiger partial charge in [0, 0.05) is 60.8 Å². The third-order valence-electron chi connectivity index (χ3n) is 10.6. The van der Waals surface area contributed by atoms with Crippen molar-refractivity contribution in [2.24, 2.45) is 11.8 Å². The van der Waals surface area contributed by atoms with E-state index in [1.54, 1.807) is 73.1 Å². The first-order valence-electron chi connectivity index (χ1n) is 20.8. The number of H-pyrrole nitrogens is 2. The molecule has 6 atom stereocenters. The third-order valence-corrected chi connectivity index (χ3v) is 10.6. The van der Waals surface area contributed by atoms with Gasteiger partial charge in [0.1, 0.15) is 24.2 Å². The van der Waals surface area contributed by atoms with Crippen LogP contribution in [0.2, 0.25) is 0 Å². The van der Waals surface area contributed by atoms with Crippen molar-refractivity contribution >= 4 is 35.4 Å². The zero-order chi connectivity index (χ0) is 43.3. The Morgan fingerprint density at radius 3 is 1.25 bits per heavy atom. The highest BCUT2D eigenvalue weighted by molar-refractivity contribution is 5.99. The molecule has 16 heteroatoms. The summed E-state index contributed by atoms with van der Waals surface area (Å²) in [5, 5.41) is 17.3. The zero-order valence-electron chi connectivity index (χ0n) is 35.0. The minimum absolute atomic E-state index is 0.161. The van der Waals surface area contributed by atoms with E-state index in [4.69, 9.17) is 0 Å². The Bertz CT molecular complexity index is 1780. The lowest BCUT2D eigenvalue weighted by molar-refractivity contribution is -0.131. The molecular weight excluding hydrogens is 765 g/mol. The third kappa shape index (κ3) is 14.8. The number of nitrogens with one attached hydrogen (secondary N) is 8. The molecule has 0 saturated heterocycles. The van der Waals surface area contributed by atoms with Gasteiger partial charge in [-0.1, -0.05) is 89.8 Å². The van der Waals surface area contributed by atoms with Crippen LogP contribution in [0.4, 0.5) is 0 Å². The van der Waals surface area contributed by atoms with E-state index in [9.17, 15) is 28.8 Å². The molecule has 0 aliphatic rings. The Morgan fingerprint density at radius 1 is 0.533 bits per heavy atom. The van der Waals surface area contributed by atoms with Gasteiger partial charge in [0.25, 0.3) is 11.8 Å². The van der Waals surface area contributed by atoms with Gasteiger partial charge in [-0.25, -0.2) is 9.97 Å². The first-order chi connectivity index (χ1) is 29.0. The number of aromatic nitrogens is 4. The van der Waals surface area contributed by atoms with Gasteiger partial charge in [0.15, 0.2) is 0 Å². The van der Waals surface area contributed by atoms with Gasteiger partial charge < -0.3 is 41.9 Å². The number of carbonyl (C=O) groups is 6. The van der Waals surface area contributed by atoms with Crippen LogP contribution in [0, 0.1) is 11.8 Å². The number of amides is 6. The molecule has 0 fully saturated rings. The largest absolute Gasteiger partial charge is 0.354 e. The molecule has 0 aliphatic heterocycles. The first-order valence-corrected chi connectivity index (χ1v) is 20.8. The second-order valence-corrected chi connectivity index (χ2v) is 15.1. The van der Waals surface area contributed by atoms with Crippen LogP contribution < -0.4 is 31.9 Å². The fraction of sp³-hybridized carbons (Fsp3) is 0.455. The smallest absolute Gasteiger partial charge is 0.251 e. The van der Waals surface area contributed by atoms with Crippen molar-refractivity contribution in [3.05, 3.63) is 108 Å². The molecule has 8 N–H and O–H groups in total. The molecule has 4 aromatic rings. The molecule has 0 aliphatic carbocycles. The minimum atomic E-state index is -0.952. The summed E-state index contributed by atoms with van der Waals surface area (Å²) >= 11 is 0. The lowest BCUT2D eigenvalue weighted by Gasteiger charge is -2.26. The maximum Gasteiger partial charge on any atom is 0.251 e. The van der Waals surface area contributed by atoms with Gasteiger partial charge in [-0.3, -0.25) is 28.8 Å². The van der Waals surface area contributed by atoms with Crippen molar-refractivity contribution in [3.8, 4) is 0 Å². The van der Waals surface area contributed by atoms with Crippen molar-refractivity contribution in [1.29, 1.82) is 0 Å². The number of nitrogens with zero attached hydrogens (tertiary/aromatic N) is 2. The first kappa shape index (κ1) is 46.4. The van der Waals surface area contributed by atoms with E-state index < -0.39 is 47.8 Å². The summed E-state index contributed by atoms with van der Waals surface area (Å²) in [6, 6.07) is 13.7. The van der Waals surface area contributed by atoms with Crippen LogP contribution in [-0.4, -0.2) is 92.6 Å². The Balaban J connectivity index is 1.22. The monoisotopic (exact) mass is 824 g/mol. The van der Waals surface area contributed by atoms with E-state index in [0.29, 0.717) is 61.3 Å². The van der Waals surface area contributed by atoms with Crippen LogP contribution >= 0.6 is 0 Å². The molecule has 6 amide bonds. The summed E-state index contributed by atoms with van der Waals surface area (Å²) in [4.78, 5) is 94.0. The molecule has 0 spiro atoms. The topological polar surface area (TPSA) is 232 Å². The molecule has 2 heterocycles. The highest BCUT2D eigenvalue weighted by Crippen LogP contribution is 2.12. The predicted molar refractivity (Wildman–Crippen MR) is 227 cm³/mol. The van der Waals surface area contributed by atoms with Crippen molar-refractivity contribution in [2.75, 3.05) is 13.1 Å². The van der Waals surface area contributed by atoms with Gasteiger partial charge >= 0.3 is 0 Å². The highest BCUT2D eigenvalue weighted by atomic mass is 16.2. The summed E-state index contributed by atoms with van der Waals surface area (Å²) in [5.41, 5.74) is 2.14. The van der Waals surface area contributed by atoms with E-state index in [2.05, 4.69) is 51.8 Å². The fourth-order valence-corrected chi connectivity index (χ4v) is 6.47. The van der Waals surface area contributed by atoms with Crippen LogP contribution in [0.5, 0.6) is 0 Å². The summed E-state index contributed by atoms with van der Waals surface area (Å²) in [6.45, 7) is 8.48. The van der Waals surface area contributed by atoms with E-state index in [0.717, 1.165) is 12.8 Å². The van der Waals surface area contributed by atoms with Crippen LogP contribution in [-0.2, 0) is 32.0 Å². The normalized spacial score (nSPS) is 14.0. The standard InChI is InChI=1S/C44H60N10O6/c1-5-29(3)37(53-41(57)35(23-33-25-45-27-49-33)51-39(55)31-17-11-9-12-18-31)43(59)47-21-15-7-8-16-22-48-44(60)38(30(4)6-2)54-42(58)36(24-34-26-46-28-50-34)52-40(56)32-19-13-10-14-20-32/h9-14,17-20,25-30,35-38H,5-8,15-16,21-24H2,1-4H3,(H,45,49)(H,46,50)(H,47,59)(H,48,60)(H,51,55)(H,52,56)(H,53,57)(H,54,58)/t29?,30?,35-,36+,37-,38+. The van der Waals surface area contributed by atoms with Gasteiger partial charge in [0.05, 0.1) is 12.7 Å². The summed E-state index contributed by atoms with van der Waals surface area (Å²) in [5.74, 6) is -2.71. The summed E-state index contributed by atoms with van der Waals surface area (Å²) in [6.07, 6.45) is 10.7. The molecule has 60 heavy (non-hydrogen) atoms. The van der Waals surface area contributed by atoms with Crippen molar-refractivity contribution in [1.82, 2.24) is 51.8 Å². The Morgan fingerprint density at radius 2 is 0.917 bits per heavy atom. The van der Waals surface area contributed by atoms with E-state index >= 15 is 0 Å². The molecule has 2 aromatic carbocycles. The lowest BCUT2D eigenvalue weighted by Crippen LogP contribution is -2.56. The number of unbranched alkanes of at least 4 members (excludes halogenated alkanes) is 3. The van der Waals surface area contributed by atoms with Gasteiger partial charge in [-0.2, -0.15) is 0 Å². The number of benzene rings is 2. The van der Waals surface area contributed by atoms with Gasteiger partial charge in [-0.15, -0.1) is 0 Å². The Kier molecular flexibility index (Phi) is 19.0. The van der Waals surface area contributed by atoms with Crippen molar-refractivity contribution in [3.63, 3.8) is 0 Å². The van der Waals surface area contributed by atoms with E-state index in [1.807, 2.05) is 27.7 Å². The SMILES string of the molecule is CCC(C)[C@H](NC(=O)[C@H](Cc1cnc[nH]1)NC(=O)c1ccccc1)C(=O)NCCCCCCNC(=O)[C@H](NC(=O)[C@@H](Cc1cnc[nH]1)NC(=O)c1ccccc1)C(C)CC. The second-order valence-electron chi connectivity index (χ2n) is 15.1. The summed E-state index contributed by atoms with van der Waals surface area (Å²) in [7, 11) is 0. The Hall–Kier alpha value is -6.32. The second kappa shape index (κ2) is 24.6. The molecule has 2 aromatic heterocycles. The zero-order valence-corrected chi connectivity index (χ0v) is 35.0. The van der Waals surface area contributed by atoms with Crippen LogP contribution in [0.25, 0.3) is 0 Å². The maximum atomic E-state index is 13.6. The molecule has 0 saturated carbocycles. The van der Waals surface area contributed by atoms with E-state index in [-0.39, 0.29) is 36.5 Å². The summed E-state index contributed by atoms with van der Waals surface area (Å²) < 4.78 is 0. The molecule has 2 unspecified atom stereocenters. The fourth-order valence-electron chi connectivity index (χ4n) is 6.47. The lowest BCUT2D eigenvalue weighted by atomic mass is 9.97. The molecular formula is C44H60N10O6. The van der Waals surface area contributed by atoms with Gasteiger partial charge in [0.2, 0.25) is 23.6 Å². The number of hydrogen-bond donors (Lipinski definition) is 8. The molecule has 16 nitrogen and oxygen atoms in total. The number of rotatable bonds is 25. The predicted octanol–water partition coefficient (Wildman–Crippen LogP) is 3.37. The number of carbonyl (C=O) groups excluding carboxylic acids is 6. The number of hydrogen-bond acceptors (Lipinski definition) is 8. The quantitative estimate of drug-likeness (QED) is 0.0461. The van der Waals surface area contributed by atoms with Crippen molar-refractivity contribution < 1.29 is 28.8 Å². The van der Waals surface area contributed by atoms with Gasteiger partial charge in [-0.05, 0) is 48.9 Å². The maximum absolute atomic E-state index is 13.6. The average Bonchev–Trinajstić information content (AvgIpc) is 4.00.